The van der Waals surface area contributed by atoms with Gasteiger partial charge in [-0.05, 0) is 30.7 Å². The monoisotopic (exact) mass is 322 g/mol. The molecular formula is C20H22N2O2. The van der Waals surface area contributed by atoms with Gasteiger partial charge in [0.15, 0.2) is 0 Å². The molecule has 3 rings (SSSR count). The Morgan fingerprint density at radius 2 is 1.88 bits per heavy atom. The summed E-state index contributed by atoms with van der Waals surface area (Å²) in [6.45, 7) is 3.09. The quantitative estimate of drug-likeness (QED) is 0.754. The largest absolute Gasteiger partial charge is 0.492 e. The van der Waals surface area contributed by atoms with Crippen molar-refractivity contribution in [2.75, 3.05) is 20.2 Å². The third kappa shape index (κ3) is 3.77. The number of benzene rings is 2. The molecule has 0 unspecified atom stereocenters. The lowest BCUT2D eigenvalue weighted by atomic mass is 10.1. The van der Waals surface area contributed by atoms with Crippen LogP contribution >= 0.6 is 0 Å². The summed E-state index contributed by atoms with van der Waals surface area (Å²) in [6.07, 6.45) is 2.31. The van der Waals surface area contributed by atoms with E-state index < -0.39 is 0 Å². The summed E-state index contributed by atoms with van der Waals surface area (Å²) in [5.41, 5.74) is 3.29. The number of likely N-dealkylation sites (N-methyl/N-ethyl adjacent to an activating group) is 1. The van der Waals surface area contributed by atoms with Gasteiger partial charge in [-0.1, -0.05) is 35.9 Å². The van der Waals surface area contributed by atoms with Crippen molar-refractivity contribution < 1.29 is 9.53 Å². The Hall–Kier alpha value is -2.75. The number of nitrogens with zero attached hydrogens (tertiary/aromatic N) is 1. The van der Waals surface area contributed by atoms with E-state index in [2.05, 4.69) is 4.98 Å². The number of hydrogen-bond donors (Lipinski definition) is 1. The van der Waals surface area contributed by atoms with Gasteiger partial charge in [0.2, 0.25) is 5.91 Å². The van der Waals surface area contributed by atoms with E-state index in [4.69, 9.17) is 4.74 Å². The molecule has 1 N–H and O–H groups in total. The fraction of sp³-hybridized carbons (Fsp3) is 0.250. The number of nitrogens with one attached hydrogen (secondary N) is 1. The lowest BCUT2D eigenvalue weighted by Gasteiger charge is -2.17. The lowest BCUT2D eigenvalue weighted by molar-refractivity contribution is -0.129. The van der Waals surface area contributed by atoms with Gasteiger partial charge in [0.1, 0.15) is 12.4 Å². The number of carbonyl (C=O) groups excluding carboxylic acids is 1. The van der Waals surface area contributed by atoms with Crippen molar-refractivity contribution in [2.24, 2.45) is 0 Å². The van der Waals surface area contributed by atoms with Crippen LogP contribution in [0.5, 0.6) is 5.75 Å². The average Bonchev–Trinajstić information content (AvgIpc) is 3.00. The molecule has 0 aliphatic heterocycles. The van der Waals surface area contributed by atoms with E-state index >= 15 is 0 Å². The predicted molar refractivity (Wildman–Crippen MR) is 96.3 cm³/mol. The Balaban J connectivity index is 1.52. The Kier molecular flexibility index (Phi) is 4.85. The highest BCUT2D eigenvalue weighted by molar-refractivity contribution is 5.88. The molecule has 0 aliphatic carbocycles. The standard InChI is InChI=1S/C20H22N2O2/c1-15-7-9-17(10-8-15)24-12-11-22(2)20(23)13-16-14-21-19-6-4-3-5-18(16)19/h3-10,14,21H,11-13H2,1-2H3. The van der Waals surface area contributed by atoms with Crippen LogP contribution < -0.4 is 4.74 Å². The Morgan fingerprint density at radius 1 is 1.12 bits per heavy atom. The first kappa shape index (κ1) is 16.1. The van der Waals surface area contributed by atoms with Crippen molar-refractivity contribution in [1.82, 2.24) is 9.88 Å². The predicted octanol–water partition coefficient (Wildman–Crippen LogP) is 3.56. The number of aromatic amines is 1. The highest BCUT2D eigenvalue weighted by Gasteiger charge is 2.12. The maximum atomic E-state index is 12.4. The van der Waals surface area contributed by atoms with E-state index in [1.807, 2.05) is 68.7 Å². The third-order valence-electron chi connectivity index (χ3n) is 4.16. The topological polar surface area (TPSA) is 45.3 Å². The molecule has 1 amide bonds. The minimum absolute atomic E-state index is 0.0901. The van der Waals surface area contributed by atoms with Gasteiger partial charge < -0.3 is 14.6 Å². The molecule has 124 valence electrons. The third-order valence-corrected chi connectivity index (χ3v) is 4.16. The highest BCUT2D eigenvalue weighted by Crippen LogP contribution is 2.18. The van der Waals surface area contributed by atoms with Crippen molar-refractivity contribution >= 4 is 16.8 Å². The number of aryl methyl sites for hydroxylation is 1. The molecule has 1 aromatic heterocycles. The first-order chi connectivity index (χ1) is 11.6. The molecule has 4 heteroatoms. The number of ether oxygens (including phenoxy) is 1. The second kappa shape index (κ2) is 7.21. The van der Waals surface area contributed by atoms with Gasteiger partial charge in [0.05, 0.1) is 13.0 Å². The van der Waals surface area contributed by atoms with Crippen LogP contribution in [0, 0.1) is 6.92 Å². The van der Waals surface area contributed by atoms with Crippen LogP contribution in [0.25, 0.3) is 10.9 Å². The lowest BCUT2D eigenvalue weighted by Crippen LogP contribution is -2.32. The zero-order chi connectivity index (χ0) is 16.9. The van der Waals surface area contributed by atoms with Crippen LogP contribution in [0.15, 0.2) is 54.7 Å². The Morgan fingerprint density at radius 3 is 2.67 bits per heavy atom. The molecule has 24 heavy (non-hydrogen) atoms. The summed E-state index contributed by atoms with van der Waals surface area (Å²) in [5.74, 6) is 0.922. The first-order valence-electron chi connectivity index (χ1n) is 8.12. The second-order valence-electron chi connectivity index (χ2n) is 6.01. The summed E-state index contributed by atoms with van der Waals surface area (Å²) in [7, 11) is 1.82. The highest BCUT2D eigenvalue weighted by atomic mass is 16.5. The van der Waals surface area contributed by atoms with Crippen LogP contribution in [-0.2, 0) is 11.2 Å². The van der Waals surface area contributed by atoms with Crippen LogP contribution in [0.4, 0.5) is 0 Å². The number of hydrogen-bond acceptors (Lipinski definition) is 2. The molecule has 0 fully saturated rings. The van der Waals surface area contributed by atoms with Crippen LogP contribution in [0.2, 0.25) is 0 Å². The van der Waals surface area contributed by atoms with Crippen LogP contribution in [0.1, 0.15) is 11.1 Å². The van der Waals surface area contributed by atoms with Gasteiger partial charge in [-0.3, -0.25) is 4.79 Å². The Labute approximate surface area is 142 Å². The zero-order valence-electron chi connectivity index (χ0n) is 14.1. The summed E-state index contributed by atoms with van der Waals surface area (Å²) in [4.78, 5) is 17.3. The van der Waals surface area contributed by atoms with Gasteiger partial charge in [-0.25, -0.2) is 0 Å². The molecule has 2 aromatic carbocycles. The zero-order valence-corrected chi connectivity index (χ0v) is 14.1. The molecule has 3 aromatic rings. The fourth-order valence-electron chi connectivity index (χ4n) is 2.64. The molecule has 4 nitrogen and oxygen atoms in total. The normalized spacial score (nSPS) is 10.8. The van der Waals surface area contributed by atoms with Crippen LogP contribution in [-0.4, -0.2) is 36.0 Å². The van der Waals surface area contributed by atoms with Crippen LogP contribution in [0.3, 0.4) is 0 Å². The molecule has 0 spiro atoms. The van der Waals surface area contributed by atoms with Crippen molar-refractivity contribution in [1.29, 1.82) is 0 Å². The molecule has 0 saturated carbocycles. The number of para-hydroxylation sites is 1. The molecule has 0 aliphatic rings. The molecular weight excluding hydrogens is 300 g/mol. The second-order valence-corrected chi connectivity index (χ2v) is 6.01. The van der Waals surface area contributed by atoms with E-state index in [1.165, 1.54) is 5.56 Å². The fourth-order valence-corrected chi connectivity index (χ4v) is 2.64. The van der Waals surface area contributed by atoms with Gasteiger partial charge >= 0.3 is 0 Å². The smallest absolute Gasteiger partial charge is 0.226 e. The number of amides is 1. The maximum absolute atomic E-state index is 12.4. The molecule has 0 radical (unpaired) electrons. The van der Waals surface area contributed by atoms with Gasteiger partial charge in [-0.2, -0.15) is 0 Å². The summed E-state index contributed by atoms with van der Waals surface area (Å²) in [5, 5.41) is 1.11. The minimum atomic E-state index is 0.0901. The SMILES string of the molecule is Cc1ccc(OCCN(C)C(=O)Cc2c[nH]c3ccccc23)cc1. The summed E-state index contributed by atoms with van der Waals surface area (Å²) >= 11 is 0. The van der Waals surface area contributed by atoms with Crippen molar-refractivity contribution in [3.05, 3.63) is 65.9 Å². The Bertz CT molecular complexity index is 821. The first-order valence-corrected chi connectivity index (χ1v) is 8.12. The van der Waals surface area contributed by atoms with Crippen molar-refractivity contribution in [3.8, 4) is 5.75 Å². The van der Waals surface area contributed by atoms with Crippen molar-refractivity contribution in [3.63, 3.8) is 0 Å². The molecule has 0 bridgehead atoms. The number of carbonyl (C=O) groups is 1. The minimum Gasteiger partial charge on any atom is -0.492 e. The van der Waals surface area contributed by atoms with E-state index in [-0.39, 0.29) is 5.91 Å². The maximum Gasteiger partial charge on any atom is 0.226 e. The van der Waals surface area contributed by atoms with E-state index in [0.717, 1.165) is 22.2 Å². The molecule has 0 saturated heterocycles. The van der Waals surface area contributed by atoms with Gasteiger partial charge in [0.25, 0.3) is 0 Å². The van der Waals surface area contributed by atoms with Crippen molar-refractivity contribution in [2.45, 2.75) is 13.3 Å². The number of aromatic nitrogens is 1. The van der Waals surface area contributed by atoms with Gasteiger partial charge in [-0.15, -0.1) is 0 Å². The molecule has 0 atom stereocenters. The van der Waals surface area contributed by atoms with E-state index in [9.17, 15) is 4.79 Å². The number of fused-ring (bicyclic) bond motifs is 1. The number of H-pyrrole nitrogens is 1. The summed E-state index contributed by atoms with van der Waals surface area (Å²) < 4.78 is 5.69. The van der Waals surface area contributed by atoms with E-state index in [0.29, 0.717) is 19.6 Å². The average molecular weight is 322 g/mol. The summed E-state index contributed by atoms with van der Waals surface area (Å²) in [6, 6.07) is 16.0. The number of rotatable bonds is 6. The molecule has 1 heterocycles. The van der Waals surface area contributed by atoms with E-state index in [1.54, 1.807) is 4.90 Å². The van der Waals surface area contributed by atoms with Gasteiger partial charge in [0, 0.05) is 24.1 Å².